The van der Waals surface area contributed by atoms with Crippen molar-refractivity contribution < 1.29 is 0 Å². The van der Waals surface area contributed by atoms with Crippen LogP contribution in [0.3, 0.4) is 0 Å². The van der Waals surface area contributed by atoms with Gasteiger partial charge in [0.05, 0.1) is 0 Å². The van der Waals surface area contributed by atoms with Crippen molar-refractivity contribution >= 4 is 20.0 Å². The molecule has 0 unspecified atom stereocenters. The Balaban J connectivity index is 3.14. The summed E-state index contributed by atoms with van der Waals surface area (Å²) in [7, 11) is 4.76. The summed E-state index contributed by atoms with van der Waals surface area (Å²) in [4.78, 5) is 0. The molecule has 0 fully saturated rings. The van der Waals surface area contributed by atoms with Gasteiger partial charge in [-0.1, -0.05) is 18.2 Å². The first-order valence-electron chi connectivity index (χ1n) is 3.70. The van der Waals surface area contributed by atoms with Gasteiger partial charge in [0.1, 0.15) is 0 Å². The van der Waals surface area contributed by atoms with Crippen LogP contribution in [0.25, 0.3) is 0 Å². The third-order valence-electron chi connectivity index (χ3n) is 1.74. The molecule has 0 saturated carbocycles. The molecule has 0 spiro atoms. The van der Waals surface area contributed by atoms with E-state index in [4.69, 9.17) is 7.57 Å². The average Bonchev–Trinajstić information content (AvgIpc) is 1.86. The molecule has 57 valence electrons. The fourth-order valence-electron chi connectivity index (χ4n) is 1.21. The van der Waals surface area contributed by atoms with Crippen LogP contribution in [0.4, 0.5) is 0 Å². The van der Waals surface area contributed by atoms with Crippen molar-refractivity contribution in [1.29, 1.82) is 0 Å². The number of hydrogen-bond donors (Lipinski definition) is 0. The molecule has 1 rings (SSSR count). The molecule has 0 heterocycles. The van der Waals surface area contributed by atoms with Gasteiger partial charge in [0, 0.05) is 18.6 Å². The molecule has 0 saturated heterocycles. The summed E-state index contributed by atoms with van der Waals surface area (Å²) in [5.74, 6) is 0. The van der Waals surface area contributed by atoms with E-state index in [0.29, 0.717) is 0 Å². The van der Waals surface area contributed by atoms with E-state index in [-0.39, 0.29) is 0 Å². The number of rotatable bonds is 1. The molecule has 0 aliphatic heterocycles. The third kappa shape index (κ3) is 2.07. The standard InChI is InChI=1S/C9H13BP/c1-8-6-4-5-7-9(8)11(2,3)10/h4-7H,1-3H3. The van der Waals surface area contributed by atoms with Crippen LogP contribution >= 0.6 is 7.14 Å². The van der Waals surface area contributed by atoms with Gasteiger partial charge in [0.2, 0.25) is 0 Å². The summed E-state index contributed by atoms with van der Waals surface area (Å²) >= 11 is 0. The first-order valence-corrected chi connectivity index (χ1v) is 6.46. The lowest BCUT2D eigenvalue weighted by Gasteiger charge is -2.28. The molecule has 0 amide bonds. The molecule has 0 aliphatic carbocycles. The van der Waals surface area contributed by atoms with E-state index in [1.807, 2.05) is 0 Å². The maximum Gasteiger partial charge on any atom is 0.0441 e. The van der Waals surface area contributed by atoms with E-state index in [9.17, 15) is 0 Å². The van der Waals surface area contributed by atoms with Crippen molar-refractivity contribution in [2.24, 2.45) is 0 Å². The molecule has 0 atom stereocenters. The van der Waals surface area contributed by atoms with Crippen molar-refractivity contribution in [1.82, 2.24) is 0 Å². The summed E-state index contributed by atoms with van der Waals surface area (Å²) in [6.07, 6.45) is 0. The molecule has 0 nitrogen and oxygen atoms in total. The van der Waals surface area contributed by atoms with Crippen LogP contribution in [-0.2, 0) is 0 Å². The van der Waals surface area contributed by atoms with Crippen molar-refractivity contribution in [2.75, 3.05) is 13.3 Å². The Morgan fingerprint density at radius 1 is 1.18 bits per heavy atom. The lowest BCUT2D eigenvalue weighted by Crippen LogP contribution is -2.11. The zero-order valence-electron chi connectivity index (χ0n) is 7.33. The molecule has 0 bridgehead atoms. The minimum Gasteiger partial charge on any atom is -0.300 e. The summed E-state index contributed by atoms with van der Waals surface area (Å²) in [5, 5.41) is 1.33. The van der Waals surface area contributed by atoms with Crippen LogP contribution in [0.5, 0.6) is 0 Å². The summed E-state index contributed by atoms with van der Waals surface area (Å²) in [6.45, 7) is 6.38. The Hall–Kier alpha value is -0.285. The number of hydrogen-bond acceptors (Lipinski definition) is 0. The fourth-order valence-corrected chi connectivity index (χ4v) is 2.66. The Kier molecular flexibility index (Phi) is 2.39. The monoisotopic (exact) mass is 163 g/mol. The van der Waals surface area contributed by atoms with Crippen molar-refractivity contribution in [3.63, 3.8) is 0 Å². The fraction of sp³-hybridized carbons (Fsp3) is 0.333. The smallest absolute Gasteiger partial charge is 0.0441 e. The van der Waals surface area contributed by atoms with Gasteiger partial charge < -0.3 is 0 Å². The van der Waals surface area contributed by atoms with E-state index < -0.39 is 7.14 Å². The van der Waals surface area contributed by atoms with Gasteiger partial charge in [-0.2, -0.15) is 0 Å². The van der Waals surface area contributed by atoms with Gasteiger partial charge in [-0.15, -0.1) is 0 Å². The molecule has 1 aromatic rings. The maximum atomic E-state index is 6.07. The van der Waals surface area contributed by atoms with Gasteiger partial charge in [-0.3, -0.25) is 7.57 Å². The van der Waals surface area contributed by atoms with E-state index in [1.54, 1.807) is 0 Å². The second-order valence-electron chi connectivity index (χ2n) is 3.33. The molecule has 11 heavy (non-hydrogen) atoms. The van der Waals surface area contributed by atoms with Crippen molar-refractivity contribution in [3.8, 4) is 0 Å². The topological polar surface area (TPSA) is 0 Å². The second-order valence-corrected chi connectivity index (χ2v) is 6.89. The molecule has 1 aromatic carbocycles. The largest absolute Gasteiger partial charge is 0.300 e. The lowest BCUT2D eigenvalue weighted by molar-refractivity contribution is 1.52. The van der Waals surface area contributed by atoms with E-state index >= 15 is 0 Å². The van der Waals surface area contributed by atoms with Crippen molar-refractivity contribution in [2.45, 2.75) is 6.92 Å². The Bertz CT molecular complexity index is 250. The first-order chi connectivity index (χ1) is 5.02. The minimum absolute atomic E-state index is 1.31. The van der Waals surface area contributed by atoms with Gasteiger partial charge in [-0.25, -0.2) is 7.14 Å². The van der Waals surface area contributed by atoms with Crippen LogP contribution in [0, 0.1) is 6.92 Å². The van der Waals surface area contributed by atoms with Gasteiger partial charge >= 0.3 is 0 Å². The highest BCUT2D eigenvalue weighted by atomic mass is 31.2. The predicted octanol–water partition coefficient (Wildman–Crippen LogP) is 1.98. The van der Waals surface area contributed by atoms with Crippen LogP contribution in [0.15, 0.2) is 24.3 Å². The zero-order chi connectivity index (χ0) is 8.48. The minimum atomic E-state index is -1.31. The molecule has 0 aromatic heterocycles. The van der Waals surface area contributed by atoms with Gasteiger partial charge in [0.15, 0.2) is 0 Å². The zero-order valence-corrected chi connectivity index (χ0v) is 8.23. The number of benzene rings is 1. The molecule has 2 heteroatoms. The Labute approximate surface area is 70.7 Å². The predicted molar refractivity (Wildman–Crippen MR) is 55.3 cm³/mol. The summed E-state index contributed by atoms with van der Waals surface area (Å²) in [5.41, 5.74) is 1.31. The molecule has 0 N–H and O–H groups in total. The first kappa shape index (κ1) is 8.81. The van der Waals surface area contributed by atoms with E-state index in [0.717, 1.165) is 0 Å². The maximum absolute atomic E-state index is 6.07. The van der Waals surface area contributed by atoms with E-state index in [1.165, 1.54) is 10.9 Å². The summed E-state index contributed by atoms with van der Waals surface area (Å²) < 4.78 is 0. The van der Waals surface area contributed by atoms with Crippen LogP contribution in [-0.4, -0.2) is 20.9 Å². The van der Waals surface area contributed by atoms with Gasteiger partial charge in [-0.05, 0) is 18.6 Å². The molecule has 0 aliphatic rings. The van der Waals surface area contributed by atoms with Crippen LogP contribution < -0.4 is 5.30 Å². The highest BCUT2D eigenvalue weighted by Gasteiger charge is 2.09. The highest BCUT2D eigenvalue weighted by Crippen LogP contribution is 2.44. The molecule has 3 radical (unpaired) electrons. The Morgan fingerprint density at radius 2 is 1.73 bits per heavy atom. The van der Waals surface area contributed by atoms with Gasteiger partial charge in [0.25, 0.3) is 0 Å². The summed E-state index contributed by atoms with van der Waals surface area (Å²) in [6, 6.07) is 8.35. The third-order valence-corrected chi connectivity index (χ3v) is 3.48. The molecular formula is C9H13BP. The van der Waals surface area contributed by atoms with Crippen molar-refractivity contribution in [3.05, 3.63) is 29.8 Å². The second kappa shape index (κ2) is 2.99. The normalized spacial score (nSPS) is 11.6. The number of aryl methyl sites for hydroxylation is 1. The quantitative estimate of drug-likeness (QED) is 0.438. The SMILES string of the molecule is [B-][P+](C)(C)c1ccccc1C. The lowest BCUT2D eigenvalue weighted by atomic mass is 10.2. The van der Waals surface area contributed by atoms with E-state index in [2.05, 4.69) is 44.5 Å². The molecular weight excluding hydrogens is 150 g/mol. The average molecular weight is 163 g/mol. The van der Waals surface area contributed by atoms with Crippen LogP contribution in [0.1, 0.15) is 5.56 Å². The van der Waals surface area contributed by atoms with Crippen LogP contribution in [0.2, 0.25) is 0 Å². The Morgan fingerprint density at radius 3 is 2.09 bits per heavy atom. The highest BCUT2D eigenvalue weighted by molar-refractivity contribution is 8.02.